The van der Waals surface area contributed by atoms with Gasteiger partial charge in [-0.15, -0.1) is 0 Å². The van der Waals surface area contributed by atoms with Crippen molar-refractivity contribution in [1.29, 1.82) is 5.26 Å². The van der Waals surface area contributed by atoms with E-state index in [4.69, 9.17) is 10.00 Å². The summed E-state index contributed by atoms with van der Waals surface area (Å²) in [7, 11) is 0. The zero-order valence-electron chi connectivity index (χ0n) is 14.7. The van der Waals surface area contributed by atoms with Crippen LogP contribution in [0.3, 0.4) is 0 Å². The molecule has 0 heterocycles. The third-order valence-electron chi connectivity index (χ3n) is 4.15. The van der Waals surface area contributed by atoms with Crippen molar-refractivity contribution in [3.05, 3.63) is 78.4 Å². The Morgan fingerprint density at radius 3 is 2.41 bits per heavy atom. The summed E-state index contributed by atoms with van der Waals surface area (Å²) in [6, 6.07) is 23.9. The highest BCUT2D eigenvalue weighted by atomic mass is 16.5. The number of carbonyl (C=O) groups is 2. The van der Waals surface area contributed by atoms with E-state index in [1.807, 2.05) is 54.6 Å². The van der Waals surface area contributed by atoms with Crippen molar-refractivity contribution in [3.8, 4) is 6.07 Å². The number of esters is 1. The van der Waals surface area contributed by atoms with Crippen molar-refractivity contribution in [1.82, 2.24) is 0 Å². The van der Waals surface area contributed by atoms with E-state index >= 15 is 0 Å². The number of para-hydroxylation sites is 1. The van der Waals surface area contributed by atoms with Crippen molar-refractivity contribution < 1.29 is 14.3 Å². The lowest BCUT2D eigenvalue weighted by Crippen LogP contribution is -2.35. The second-order valence-corrected chi connectivity index (χ2v) is 5.89. The topological polar surface area (TPSA) is 70.4 Å². The van der Waals surface area contributed by atoms with Gasteiger partial charge >= 0.3 is 5.97 Å². The van der Waals surface area contributed by atoms with Crippen LogP contribution in [-0.4, -0.2) is 25.0 Å². The maximum atomic E-state index is 12.6. The van der Waals surface area contributed by atoms with Gasteiger partial charge in [0.05, 0.1) is 18.1 Å². The molecule has 27 heavy (non-hydrogen) atoms. The maximum Gasteiger partial charge on any atom is 0.339 e. The minimum absolute atomic E-state index is 0.192. The Balaban J connectivity index is 1.73. The predicted octanol–water partition coefficient (Wildman–Crippen LogP) is 3.94. The van der Waals surface area contributed by atoms with Crippen LogP contribution in [0.2, 0.25) is 0 Å². The molecule has 0 aliphatic heterocycles. The molecule has 0 saturated carbocycles. The number of hydrogen-bond acceptors (Lipinski definition) is 4. The summed E-state index contributed by atoms with van der Waals surface area (Å²) in [5, 5.41) is 10.5. The van der Waals surface area contributed by atoms with E-state index in [0.29, 0.717) is 11.3 Å². The van der Waals surface area contributed by atoms with Gasteiger partial charge in [-0.3, -0.25) is 4.79 Å². The first-order valence-electron chi connectivity index (χ1n) is 8.58. The quantitative estimate of drug-likeness (QED) is 0.626. The second kappa shape index (κ2) is 8.63. The number of fused-ring (bicyclic) bond motifs is 1. The predicted molar refractivity (Wildman–Crippen MR) is 103 cm³/mol. The molecule has 134 valence electrons. The molecule has 0 saturated heterocycles. The standard InChI is InChI=1S/C22H18N2O3/c23-14-7-15-24(18-10-2-1-3-11-18)21(25)16-27-22(26)20-13-6-9-17-8-4-5-12-19(17)20/h1-6,8-13H,7,15-16H2. The van der Waals surface area contributed by atoms with Gasteiger partial charge in [-0.2, -0.15) is 5.26 Å². The van der Waals surface area contributed by atoms with Crippen LogP contribution in [0, 0.1) is 11.3 Å². The van der Waals surface area contributed by atoms with Gasteiger partial charge in [0.25, 0.3) is 5.91 Å². The van der Waals surface area contributed by atoms with Gasteiger partial charge < -0.3 is 9.64 Å². The number of hydrogen-bond donors (Lipinski definition) is 0. The highest BCUT2D eigenvalue weighted by molar-refractivity contribution is 6.05. The van der Waals surface area contributed by atoms with E-state index in [1.54, 1.807) is 24.3 Å². The average Bonchev–Trinajstić information content (AvgIpc) is 2.72. The summed E-state index contributed by atoms with van der Waals surface area (Å²) in [5.74, 6) is -0.918. The van der Waals surface area contributed by atoms with Crippen LogP contribution in [-0.2, 0) is 9.53 Å². The van der Waals surface area contributed by atoms with E-state index in [1.165, 1.54) is 4.90 Å². The lowest BCUT2D eigenvalue weighted by Gasteiger charge is -2.21. The number of anilines is 1. The summed E-state index contributed by atoms with van der Waals surface area (Å²) >= 11 is 0. The van der Waals surface area contributed by atoms with Gasteiger partial charge in [0, 0.05) is 12.2 Å². The van der Waals surface area contributed by atoms with E-state index in [-0.39, 0.29) is 25.5 Å². The van der Waals surface area contributed by atoms with Crippen molar-refractivity contribution >= 4 is 28.3 Å². The van der Waals surface area contributed by atoms with Crippen molar-refractivity contribution in [2.24, 2.45) is 0 Å². The molecule has 0 aliphatic carbocycles. The van der Waals surface area contributed by atoms with Crippen LogP contribution in [0.25, 0.3) is 10.8 Å². The normalized spacial score (nSPS) is 10.2. The van der Waals surface area contributed by atoms with Crippen molar-refractivity contribution in [2.45, 2.75) is 6.42 Å². The number of nitrogens with zero attached hydrogens (tertiary/aromatic N) is 2. The summed E-state index contributed by atoms with van der Waals surface area (Å²) in [6.45, 7) is -0.145. The summed E-state index contributed by atoms with van der Waals surface area (Å²) in [4.78, 5) is 26.5. The van der Waals surface area contributed by atoms with Crippen LogP contribution in [0.1, 0.15) is 16.8 Å². The molecule has 3 aromatic carbocycles. The van der Waals surface area contributed by atoms with Crippen LogP contribution >= 0.6 is 0 Å². The zero-order chi connectivity index (χ0) is 19.1. The molecule has 0 spiro atoms. The summed E-state index contributed by atoms with van der Waals surface area (Å²) in [6.07, 6.45) is 0.192. The van der Waals surface area contributed by atoms with Crippen LogP contribution in [0.4, 0.5) is 5.69 Å². The number of amides is 1. The fourth-order valence-electron chi connectivity index (χ4n) is 2.85. The third kappa shape index (κ3) is 4.31. The number of ether oxygens (including phenoxy) is 1. The van der Waals surface area contributed by atoms with Gasteiger partial charge in [-0.1, -0.05) is 54.6 Å². The minimum Gasteiger partial charge on any atom is -0.452 e. The molecular weight excluding hydrogens is 340 g/mol. The monoisotopic (exact) mass is 358 g/mol. The summed E-state index contributed by atoms with van der Waals surface area (Å²) < 4.78 is 5.27. The molecule has 1 amide bonds. The van der Waals surface area contributed by atoms with Crippen LogP contribution < -0.4 is 4.90 Å². The molecule has 0 atom stereocenters. The van der Waals surface area contributed by atoms with Crippen molar-refractivity contribution in [2.75, 3.05) is 18.1 Å². The van der Waals surface area contributed by atoms with E-state index < -0.39 is 5.97 Å². The maximum absolute atomic E-state index is 12.6. The molecule has 0 fully saturated rings. The molecule has 5 nitrogen and oxygen atoms in total. The minimum atomic E-state index is -0.548. The molecule has 3 rings (SSSR count). The first kappa shape index (κ1) is 18.2. The van der Waals surface area contributed by atoms with Gasteiger partial charge in [-0.05, 0) is 29.0 Å². The second-order valence-electron chi connectivity index (χ2n) is 5.89. The van der Waals surface area contributed by atoms with Gasteiger partial charge in [0.2, 0.25) is 0 Å². The Hall–Kier alpha value is -3.65. The number of nitriles is 1. The Morgan fingerprint density at radius 2 is 1.63 bits per heavy atom. The molecular formula is C22H18N2O3. The van der Waals surface area contributed by atoms with E-state index in [0.717, 1.165) is 10.8 Å². The zero-order valence-corrected chi connectivity index (χ0v) is 14.7. The highest BCUT2D eigenvalue weighted by Crippen LogP contribution is 2.19. The first-order valence-corrected chi connectivity index (χ1v) is 8.58. The Kier molecular flexibility index (Phi) is 5.80. The molecule has 5 heteroatoms. The SMILES string of the molecule is N#CCCN(C(=O)COC(=O)c1cccc2ccccc12)c1ccccc1. The smallest absolute Gasteiger partial charge is 0.339 e. The molecule has 0 aromatic heterocycles. The molecule has 0 radical (unpaired) electrons. The Morgan fingerprint density at radius 1 is 0.926 bits per heavy atom. The Bertz CT molecular complexity index is 988. The van der Waals surface area contributed by atoms with E-state index in [9.17, 15) is 9.59 Å². The Labute approximate surface area is 157 Å². The largest absolute Gasteiger partial charge is 0.452 e. The van der Waals surface area contributed by atoms with Crippen LogP contribution in [0.15, 0.2) is 72.8 Å². The molecule has 0 aliphatic rings. The third-order valence-corrected chi connectivity index (χ3v) is 4.15. The first-order chi connectivity index (χ1) is 13.2. The molecule has 0 bridgehead atoms. The van der Waals surface area contributed by atoms with Gasteiger partial charge in [0.15, 0.2) is 6.61 Å². The lowest BCUT2D eigenvalue weighted by molar-refractivity contribution is -0.121. The van der Waals surface area contributed by atoms with Crippen LogP contribution in [0.5, 0.6) is 0 Å². The highest BCUT2D eigenvalue weighted by Gasteiger charge is 2.18. The fourth-order valence-corrected chi connectivity index (χ4v) is 2.85. The molecule has 0 unspecified atom stereocenters. The van der Waals surface area contributed by atoms with Gasteiger partial charge in [0.1, 0.15) is 0 Å². The molecule has 0 N–H and O–H groups in total. The van der Waals surface area contributed by atoms with E-state index in [2.05, 4.69) is 0 Å². The number of benzene rings is 3. The molecule has 3 aromatic rings. The number of carbonyl (C=O) groups excluding carboxylic acids is 2. The average molecular weight is 358 g/mol. The van der Waals surface area contributed by atoms with Crippen molar-refractivity contribution in [3.63, 3.8) is 0 Å². The fraction of sp³-hybridized carbons (Fsp3) is 0.136. The number of rotatable bonds is 6. The van der Waals surface area contributed by atoms with Gasteiger partial charge in [-0.25, -0.2) is 4.79 Å². The summed E-state index contributed by atoms with van der Waals surface area (Å²) in [5.41, 5.74) is 1.09. The lowest BCUT2D eigenvalue weighted by atomic mass is 10.1.